The molecule has 0 aromatic heterocycles. The van der Waals surface area contributed by atoms with Crippen molar-refractivity contribution in [1.29, 1.82) is 0 Å². The topological polar surface area (TPSA) is 36.1 Å². The van der Waals surface area contributed by atoms with E-state index < -0.39 is 0 Å². The summed E-state index contributed by atoms with van der Waals surface area (Å²) in [5.41, 5.74) is 6.90. The van der Waals surface area contributed by atoms with Crippen molar-refractivity contribution in [2.45, 2.75) is 27.3 Å². The van der Waals surface area contributed by atoms with Gasteiger partial charge in [-0.25, -0.2) is 0 Å². The van der Waals surface area contributed by atoms with Gasteiger partial charge < -0.3 is 16.0 Å². The van der Waals surface area contributed by atoms with Gasteiger partial charge in [0.05, 0.1) is 12.4 Å². The highest BCUT2D eigenvalue weighted by molar-refractivity contribution is 5.64. The molecule has 0 unspecified atom stereocenters. The normalized spacial score (nSPS) is 11.0. The zero-order valence-corrected chi connectivity index (χ0v) is 16.0. The Morgan fingerprint density at radius 3 is 2.46 bits per heavy atom. The van der Waals surface area contributed by atoms with Crippen LogP contribution < -0.4 is 16.0 Å². The van der Waals surface area contributed by atoms with E-state index in [9.17, 15) is 0 Å². The first-order valence-electron chi connectivity index (χ1n) is 8.89. The molecule has 3 heteroatoms. The standard InChI is InChI=1S/C23H29N3/c1-6-23(21-13-9-10-17(2)14-21)25-15-19(4)26-20(5)24-16-22-12-8-7-11-18(22)3/h6-14,24-26H,4-5,15-16H2,1-3H3/b23-6-. The number of allylic oxidation sites excluding steroid dienone is 1. The van der Waals surface area contributed by atoms with Crippen LogP contribution in [0.15, 0.2) is 79.3 Å². The van der Waals surface area contributed by atoms with Gasteiger partial charge in [0, 0.05) is 17.9 Å². The molecule has 0 aliphatic rings. The van der Waals surface area contributed by atoms with Gasteiger partial charge in [0.1, 0.15) is 0 Å². The van der Waals surface area contributed by atoms with Crippen molar-refractivity contribution < 1.29 is 0 Å². The van der Waals surface area contributed by atoms with Crippen molar-refractivity contribution in [2.75, 3.05) is 6.54 Å². The molecular formula is C23H29N3. The molecule has 0 aliphatic heterocycles. The highest BCUT2D eigenvalue weighted by atomic mass is 15.1. The molecule has 3 N–H and O–H groups in total. The van der Waals surface area contributed by atoms with Crippen LogP contribution in [0.4, 0.5) is 0 Å². The molecular weight excluding hydrogens is 318 g/mol. The Morgan fingerprint density at radius 2 is 1.77 bits per heavy atom. The lowest BCUT2D eigenvalue weighted by molar-refractivity contribution is 0.723. The van der Waals surface area contributed by atoms with Crippen LogP contribution >= 0.6 is 0 Å². The zero-order valence-electron chi connectivity index (χ0n) is 16.0. The predicted molar refractivity (Wildman–Crippen MR) is 112 cm³/mol. The molecule has 0 saturated carbocycles. The fraction of sp³-hybridized carbons (Fsp3) is 0.217. The van der Waals surface area contributed by atoms with Gasteiger partial charge in [-0.05, 0) is 43.5 Å². The zero-order chi connectivity index (χ0) is 18.9. The van der Waals surface area contributed by atoms with Crippen LogP contribution in [0.5, 0.6) is 0 Å². The van der Waals surface area contributed by atoms with E-state index in [1.165, 1.54) is 22.3 Å². The van der Waals surface area contributed by atoms with Crippen molar-refractivity contribution in [3.05, 3.63) is 102 Å². The lowest BCUT2D eigenvalue weighted by atomic mass is 10.1. The minimum absolute atomic E-state index is 0.624. The van der Waals surface area contributed by atoms with Crippen LogP contribution in [0.25, 0.3) is 5.70 Å². The van der Waals surface area contributed by atoms with Crippen molar-refractivity contribution in [3.63, 3.8) is 0 Å². The van der Waals surface area contributed by atoms with Gasteiger partial charge >= 0.3 is 0 Å². The lowest BCUT2D eigenvalue weighted by Gasteiger charge is -2.17. The lowest BCUT2D eigenvalue weighted by Crippen LogP contribution is -2.29. The van der Waals surface area contributed by atoms with Crippen molar-refractivity contribution >= 4 is 5.70 Å². The maximum Gasteiger partial charge on any atom is 0.0957 e. The van der Waals surface area contributed by atoms with E-state index in [1.807, 2.05) is 19.1 Å². The molecule has 2 aromatic rings. The average Bonchev–Trinajstić information content (AvgIpc) is 2.61. The molecule has 2 rings (SSSR count). The molecule has 0 heterocycles. The van der Waals surface area contributed by atoms with Gasteiger partial charge in [-0.1, -0.05) is 67.3 Å². The summed E-state index contributed by atoms with van der Waals surface area (Å²) in [4.78, 5) is 0. The van der Waals surface area contributed by atoms with Crippen LogP contribution in [0.2, 0.25) is 0 Å². The van der Waals surface area contributed by atoms with Crippen LogP contribution in [-0.4, -0.2) is 6.54 Å². The highest BCUT2D eigenvalue weighted by Gasteiger charge is 2.03. The number of hydrogen-bond acceptors (Lipinski definition) is 3. The Morgan fingerprint density at radius 1 is 1.00 bits per heavy atom. The van der Waals surface area contributed by atoms with Gasteiger partial charge in [-0.3, -0.25) is 0 Å². The monoisotopic (exact) mass is 347 g/mol. The number of nitrogens with one attached hydrogen (secondary N) is 3. The smallest absolute Gasteiger partial charge is 0.0957 e. The Bertz CT molecular complexity index is 803. The van der Waals surface area contributed by atoms with Crippen molar-refractivity contribution in [3.8, 4) is 0 Å². The van der Waals surface area contributed by atoms with E-state index >= 15 is 0 Å². The van der Waals surface area contributed by atoms with E-state index in [4.69, 9.17) is 0 Å². The Balaban J connectivity index is 1.80. The highest BCUT2D eigenvalue weighted by Crippen LogP contribution is 2.13. The van der Waals surface area contributed by atoms with E-state index in [-0.39, 0.29) is 0 Å². The Labute approximate surface area is 157 Å². The van der Waals surface area contributed by atoms with E-state index in [0.29, 0.717) is 6.54 Å². The largest absolute Gasteiger partial charge is 0.379 e. The summed E-state index contributed by atoms with van der Waals surface area (Å²) in [5, 5.41) is 9.96. The SMILES string of the molecule is C=C(CN/C(=C\C)c1cccc(C)c1)NC(=C)NCc1ccccc1C. The van der Waals surface area contributed by atoms with Gasteiger partial charge in [-0.2, -0.15) is 0 Å². The Hall–Kier alpha value is -2.94. The summed E-state index contributed by atoms with van der Waals surface area (Å²) in [6.45, 7) is 15.7. The third-order valence-corrected chi connectivity index (χ3v) is 4.19. The third-order valence-electron chi connectivity index (χ3n) is 4.19. The van der Waals surface area contributed by atoms with Crippen LogP contribution in [0.1, 0.15) is 29.2 Å². The molecule has 0 saturated heterocycles. The van der Waals surface area contributed by atoms with Gasteiger partial charge in [0.15, 0.2) is 0 Å². The number of aryl methyl sites for hydroxylation is 2. The van der Waals surface area contributed by atoms with Crippen LogP contribution in [0, 0.1) is 13.8 Å². The molecule has 26 heavy (non-hydrogen) atoms. The summed E-state index contributed by atoms with van der Waals surface area (Å²) >= 11 is 0. The van der Waals surface area contributed by atoms with Crippen LogP contribution in [-0.2, 0) is 6.54 Å². The summed E-state index contributed by atoms with van der Waals surface area (Å²) in [5.74, 6) is 0.748. The predicted octanol–water partition coefficient (Wildman–Crippen LogP) is 4.62. The molecule has 0 aliphatic carbocycles. The second-order valence-corrected chi connectivity index (χ2v) is 6.41. The van der Waals surface area contributed by atoms with Gasteiger partial charge in [0.2, 0.25) is 0 Å². The number of hydrogen-bond donors (Lipinski definition) is 3. The molecule has 0 amide bonds. The fourth-order valence-electron chi connectivity index (χ4n) is 2.70. The first kappa shape index (κ1) is 19.4. The van der Waals surface area contributed by atoms with Gasteiger partial charge in [0.25, 0.3) is 0 Å². The van der Waals surface area contributed by atoms with E-state index in [2.05, 4.69) is 85.4 Å². The summed E-state index contributed by atoms with van der Waals surface area (Å²) in [6, 6.07) is 16.8. The molecule has 2 aromatic carbocycles. The van der Waals surface area contributed by atoms with E-state index in [0.717, 1.165) is 23.8 Å². The fourth-order valence-corrected chi connectivity index (χ4v) is 2.70. The van der Waals surface area contributed by atoms with E-state index in [1.54, 1.807) is 0 Å². The second kappa shape index (κ2) is 9.52. The molecule has 136 valence electrons. The summed E-state index contributed by atoms with van der Waals surface area (Å²) in [7, 11) is 0. The molecule has 0 fully saturated rings. The third kappa shape index (κ3) is 5.85. The second-order valence-electron chi connectivity index (χ2n) is 6.41. The van der Waals surface area contributed by atoms with Crippen LogP contribution in [0.3, 0.4) is 0 Å². The molecule has 0 radical (unpaired) electrons. The van der Waals surface area contributed by atoms with Crippen molar-refractivity contribution in [1.82, 2.24) is 16.0 Å². The maximum atomic E-state index is 4.08. The Kier molecular flexibility index (Phi) is 7.10. The average molecular weight is 348 g/mol. The number of benzene rings is 2. The minimum atomic E-state index is 0.624. The quantitative estimate of drug-likeness (QED) is 0.619. The molecule has 3 nitrogen and oxygen atoms in total. The first-order valence-corrected chi connectivity index (χ1v) is 8.89. The van der Waals surface area contributed by atoms with Gasteiger partial charge in [-0.15, -0.1) is 0 Å². The van der Waals surface area contributed by atoms with Crippen molar-refractivity contribution in [2.24, 2.45) is 0 Å². The first-order chi connectivity index (χ1) is 12.5. The molecule has 0 atom stereocenters. The number of rotatable bonds is 9. The summed E-state index contributed by atoms with van der Waals surface area (Å²) in [6.07, 6.45) is 2.08. The summed E-state index contributed by atoms with van der Waals surface area (Å²) < 4.78 is 0. The minimum Gasteiger partial charge on any atom is -0.379 e. The maximum absolute atomic E-state index is 4.08. The molecule has 0 spiro atoms. The molecule has 0 bridgehead atoms.